The maximum absolute atomic E-state index is 9.50. The highest BCUT2D eigenvalue weighted by Crippen LogP contribution is 2.34. The Labute approximate surface area is 119 Å². The summed E-state index contributed by atoms with van der Waals surface area (Å²) in [7, 11) is 2.08. The molecule has 0 amide bonds. The minimum atomic E-state index is 0.0852. The Morgan fingerprint density at radius 1 is 1.58 bits per heavy atom. The van der Waals surface area contributed by atoms with Crippen LogP contribution < -0.4 is 4.90 Å². The fraction of sp³-hybridized carbons (Fsp3) is 0.786. The van der Waals surface area contributed by atoms with Crippen molar-refractivity contribution in [1.29, 1.82) is 0 Å². The average Bonchev–Trinajstić information content (AvgIpc) is 3.02. The van der Waals surface area contributed by atoms with Crippen LogP contribution in [0.2, 0.25) is 0 Å². The predicted octanol–water partition coefficient (Wildman–Crippen LogP) is 2.76. The Morgan fingerprint density at radius 2 is 2.32 bits per heavy atom. The van der Waals surface area contributed by atoms with Crippen molar-refractivity contribution in [3.8, 4) is 0 Å². The Bertz CT molecular complexity index is 422. The number of aliphatic hydroxyl groups excluding tert-OH is 1. The number of rotatable bonds is 5. The lowest BCUT2D eigenvalue weighted by molar-refractivity contribution is 0.118. The molecular formula is C14H24N2O2S. The second-order valence-corrected chi connectivity index (χ2v) is 6.38. The summed E-state index contributed by atoms with van der Waals surface area (Å²) in [6, 6.07) is 0.391. The van der Waals surface area contributed by atoms with Gasteiger partial charge in [-0.15, -0.1) is 0 Å². The molecule has 2 heterocycles. The fourth-order valence-electron chi connectivity index (χ4n) is 2.56. The van der Waals surface area contributed by atoms with Crippen molar-refractivity contribution in [2.75, 3.05) is 18.6 Å². The van der Waals surface area contributed by atoms with Crippen LogP contribution in [0.25, 0.3) is 0 Å². The van der Waals surface area contributed by atoms with Crippen molar-refractivity contribution in [1.82, 2.24) is 4.98 Å². The zero-order valence-corrected chi connectivity index (χ0v) is 13.0. The Morgan fingerprint density at radius 3 is 2.84 bits per heavy atom. The number of ether oxygens (including phenoxy) is 1. The average molecular weight is 284 g/mol. The van der Waals surface area contributed by atoms with E-state index < -0.39 is 0 Å². The summed E-state index contributed by atoms with van der Waals surface area (Å²) in [5.41, 5.74) is 1.06. The first-order valence-electron chi connectivity index (χ1n) is 7.03. The lowest BCUT2D eigenvalue weighted by Crippen LogP contribution is -2.36. The van der Waals surface area contributed by atoms with E-state index in [9.17, 15) is 5.11 Å². The Hall–Kier alpha value is -0.650. The largest absolute Gasteiger partial charge is 0.391 e. The van der Waals surface area contributed by atoms with E-state index in [2.05, 4.69) is 32.7 Å². The van der Waals surface area contributed by atoms with Crippen LogP contribution in [-0.2, 0) is 11.3 Å². The molecule has 1 aromatic rings. The van der Waals surface area contributed by atoms with Gasteiger partial charge in [-0.25, -0.2) is 4.98 Å². The molecule has 1 aliphatic heterocycles. The summed E-state index contributed by atoms with van der Waals surface area (Å²) in [6.07, 6.45) is 2.34. The third kappa shape index (κ3) is 2.93. The molecule has 108 valence electrons. The van der Waals surface area contributed by atoms with Gasteiger partial charge in [0.2, 0.25) is 0 Å². The van der Waals surface area contributed by atoms with Crippen LogP contribution in [0.3, 0.4) is 0 Å². The highest BCUT2D eigenvalue weighted by Gasteiger charge is 2.30. The zero-order chi connectivity index (χ0) is 14.0. The molecule has 1 fully saturated rings. The van der Waals surface area contributed by atoms with Gasteiger partial charge in [0.05, 0.1) is 29.3 Å². The zero-order valence-electron chi connectivity index (χ0n) is 12.2. The van der Waals surface area contributed by atoms with E-state index in [0.29, 0.717) is 12.0 Å². The minimum absolute atomic E-state index is 0.0852. The third-order valence-electron chi connectivity index (χ3n) is 4.07. The summed E-state index contributed by atoms with van der Waals surface area (Å²) >= 11 is 1.61. The molecule has 5 heteroatoms. The molecule has 19 heavy (non-hydrogen) atoms. The van der Waals surface area contributed by atoms with Crippen LogP contribution in [0.5, 0.6) is 0 Å². The quantitative estimate of drug-likeness (QED) is 0.903. The van der Waals surface area contributed by atoms with E-state index in [-0.39, 0.29) is 12.7 Å². The maximum Gasteiger partial charge on any atom is 0.185 e. The summed E-state index contributed by atoms with van der Waals surface area (Å²) in [5, 5.41) is 10.5. The number of hydrogen-bond acceptors (Lipinski definition) is 5. The van der Waals surface area contributed by atoms with Gasteiger partial charge >= 0.3 is 0 Å². The summed E-state index contributed by atoms with van der Waals surface area (Å²) in [4.78, 5) is 7.98. The van der Waals surface area contributed by atoms with E-state index in [4.69, 9.17) is 9.72 Å². The molecule has 1 aliphatic rings. The predicted molar refractivity (Wildman–Crippen MR) is 79.0 cm³/mol. The molecule has 0 aromatic carbocycles. The molecule has 0 aliphatic carbocycles. The van der Waals surface area contributed by atoms with Crippen LogP contribution >= 0.6 is 11.3 Å². The lowest BCUT2D eigenvalue weighted by atomic mass is 10.0. The molecule has 0 bridgehead atoms. The van der Waals surface area contributed by atoms with Crippen LogP contribution in [0.15, 0.2) is 0 Å². The van der Waals surface area contributed by atoms with Gasteiger partial charge in [-0.2, -0.15) is 0 Å². The molecule has 4 nitrogen and oxygen atoms in total. The summed E-state index contributed by atoms with van der Waals surface area (Å²) in [6.45, 7) is 7.35. The van der Waals surface area contributed by atoms with Gasteiger partial charge < -0.3 is 14.7 Å². The molecular weight excluding hydrogens is 260 g/mol. The van der Waals surface area contributed by atoms with Crippen LogP contribution in [0.4, 0.5) is 5.13 Å². The fourth-order valence-corrected chi connectivity index (χ4v) is 3.62. The molecule has 0 spiro atoms. The van der Waals surface area contributed by atoms with Gasteiger partial charge in [-0.3, -0.25) is 0 Å². The number of nitrogens with zero attached hydrogens (tertiary/aromatic N) is 2. The van der Waals surface area contributed by atoms with Crippen molar-refractivity contribution >= 4 is 16.5 Å². The highest BCUT2D eigenvalue weighted by atomic mass is 32.1. The Kier molecular flexibility index (Phi) is 4.81. The molecule has 3 unspecified atom stereocenters. The van der Waals surface area contributed by atoms with Gasteiger partial charge in [-0.05, 0) is 25.7 Å². The van der Waals surface area contributed by atoms with Crippen molar-refractivity contribution in [3.05, 3.63) is 10.6 Å². The number of anilines is 1. The standard InChI is InChI=1S/C14H24N2O2S/c1-5-9(2)13-12(8-17)19-14(15-13)16(4)11-6-7-18-10(11)3/h9-11,17H,5-8H2,1-4H3. The second kappa shape index (κ2) is 6.20. The van der Waals surface area contributed by atoms with Crippen molar-refractivity contribution < 1.29 is 9.84 Å². The third-order valence-corrected chi connectivity index (χ3v) is 5.22. The van der Waals surface area contributed by atoms with Gasteiger partial charge in [0, 0.05) is 13.7 Å². The van der Waals surface area contributed by atoms with E-state index in [0.717, 1.165) is 35.2 Å². The SMILES string of the molecule is CCC(C)c1nc(N(C)C2CCOC2C)sc1CO. The van der Waals surface area contributed by atoms with E-state index >= 15 is 0 Å². The number of aromatic nitrogens is 1. The van der Waals surface area contributed by atoms with E-state index in [1.807, 2.05) is 0 Å². The van der Waals surface area contributed by atoms with Gasteiger partial charge in [-0.1, -0.05) is 25.2 Å². The van der Waals surface area contributed by atoms with Crippen molar-refractivity contribution in [2.24, 2.45) is 0 Å². The molecule has 2 rings (SSSR count). The van der Waals surface area contributed by atoms with Gasteiger partial charge in [0.25, 0.3) is 0 Å². The van der Waals surface area contributed by atoms with Crippen molar-refractivity contribution in [3.63, 3.8) is 0 Å². The maximum atomic E-state index is 9.50. The molecule has 0 saturated carbocycles. The molecule has 3 atom stereocenters. The number of hydrogen-bond donors (Lipinski definition) is 1. The minimum Gasteiger partial charge on any atom is -0.391 e. The summed E-state index contributed by atoms with van der Waals surface area (Å²) in [5.74, 6) is 0.401. The van der Waals surface area contributed by atoms with Gasteiger partial charge in [0.15, 0.2) is 5.13 Å². The Balaban J connectivity index is 2.22. The lowest BCUT2D eigenvalue weighted by Gasteiger charge is -2.26. The molecule has 0 radical (unpaired) electrons. The number of likely N-dealkylation sites (N-methyl/N-ethyl adjacent to an activating group) is 1. The van der Waals surface area contributed by atoms with Crippen LogP contribution in [0, 0.1) is 0 Å². The van der Waals surface area contributed by atoms with Gasteiger partial charge in [0.1, 0.15) is 0 Å². The number of aliphatic hydroxyl groups is 1. The monoisotopic (exact) mass is 284 g/mol. The smallest absolute Gasteiger partial charge is 0.185 e. The molecule has 1 aromatic heterocycles. The highest BCUT2D eigenvalue weighted by molar-refractivity contribution is 7.15. The first-order chi connectivity index (χ1) is 9.08. The number of thiazole rings is 1. The van der Waals surface area contributed by atoms with Crippen LogP contribution in [-0.4, -0.2) is 35.9 Å². The van der Waals surface area contributed by atoms with Crippen molar-refractivity contribution in [2.45, 2.75) is 58.3 Å². The van der Waals surface area contributed by atoms with E-state index in [1.54, 1.807) is 11.3 Å². The van der Waals surface area contributed by atoms with Crippen LogP contribution in [0.1, 0.15) is 50.1 Å². The molecule has 1 N–H and O–H groups in total. The topological polar surface area (TPSA) is 45.6 Å². The van der Waals surface area contributed by atoms with E-state index in [1.165, 1.54) is 0 Å². The first-order valence-corrected chi connectivity index (χ1v) is 7.85. The summed E-state index contributed by atoms with van der Waals surface area (Å²) < 4.78 is 5.63. The molecule has 1 saturated heterocycles. The first kappa shape index (κ1) is 14.8. The second-order valence-electron chi connectivity index (χ2n) is 5.32. The normalized spacial score (nSPS) is 24.7.